The van der Waals surface area contributed by atoms with E-state index in [1.165, 1.54) is 0 Å². The van der Waals surface area contributed by atoms with Gasteiger partial charge in [-0.2, -0.15) is 0 Å². The molecule has 2 saturated heterocycles. The van der Waals surface area contributed by atoms with Crippen molar-refractivity contribution >= 4 is 5.91 Å². The van der Waals surface area contributed by atoms with Crippen molar-refractivity contribution in [2.45, 2.75) is 50.7 Å². The van der Waals surface area contributed by atoms with E-state index in [2.05, 4.69) is 9.55 Å². The Balaban J connectivity index is 1.49. The lowest BCUT2D eigenvalue weighted by molar-refractivity contribution is -0.133. The van der Waals surface area contributed by atoms with Crippen LogP contribution in [0.15, 0.2) is 18.7 Å². The fourth-order valence-electron chi connectivity index (χ4n) is 3.22. The Morgan fingerprint density at radius 3 is 3.05 bits per heavy atom. The summed E-state index contributed by atoms with van der Waals surface area (Å²) in [7, 11) is 0. The Bertz CT molecular complexity index is 426. The number of piperidine rings is 1. The topological polar surface area (TPSA) is 47.4 Å². The first-order valence-corrected chi connectivity index (χ1v) is 7.70. The highest BCUT2D eigenvalue weighted by molar-refractivity contribution is 5.76. The van der Waals surface area contributed by atoms with E-state index < -0.39 is 0 Å². The zero-order chi connectivity index (χ0) is 13.8. The molecule has 0 spiro atoms. The normalized spacial score (nSPS) is 26.9. The molecule has 2 fully saturated rings. The van der Waals surface area contributed by atoms with Crippen LogP contribution in [-0.4, -0.2) is 46.2 Å². The van der Waals surface area contributed by atoms with E-state index in [4.69, 9.17) is 4.74 Å². The van der Waals surface area contributed by atoms with Gasteiger partial charge in [-0.3, -0.25) is 4.79 Å². The predicted molar refractivity (Wildman–Crippen MR) is 75.3 cm³/mol. The first-order chi connectivity index (χ1) is 9.83. The van der Waals surface area contributed by atoms with Gasteiger partial charge < -0.3 is 14.2 Å². The first-order valence-electron chi connectivity index (χ1n) is 7.70. The molecule has 0 aromatic carbocycles. The molecule has 0 radical (unpaired) electrons. The average Bonchev–Trinajstić information content (AvgIpc) is 3.18. The van der Waals surface area contributed by atoms with E-state index in [1.54, 1.807) is 6.20 Å². The Labute approximate surface area is 119 Å². The summed E-state index contributed by atoms with van der Waals surface area (Å²) in [6, 6.07) is 0.387. The third kappa shape index (κ3) is 3.20. The number of nitrogens with zero attached hydrogens (tertiary/aromatic N) is 3. The molecule has 0 unspecified atom stereocenters. The van der Waals surface area contributed by atoms with E-state index in [0.29, 0.717) is 18.6 Å². The second-order valence-electron chi connectivity index (χ2n) is 5.82. The SMILES string of the molecule is O=C(CC[C@@H]1CCCO1)N1CCC[C@H](n2ccnc2)C1. The summed E-state index contributed by atoms with van der Waals surface area (Å²) in [6.07, 6.45) is 11.9. The molecule has 20 heavy (non-hydrogen) atoms. The highest BCUT2D eigenvalue weighted by Crippen LogP contribution is 2.23. The standard InChI is InChI=1S/C15H23N3O2/c19-15(6-5-14-4-2-10-20-14)17-8-1-3-13(11-17)18-9-7-16-12-18/h7,9,12-14H,1-6,8,10-11H2/t13-,14-/m0/s1. The number of imidazole rings is 1. The van der Waals surface area contributed by atoms with Gasteiger partial charge in [0.05, 0.1) is 18.5 Å². The summed E-state index contributed by atoms with van der Waals surface area (Å²) >= 11 is 0. The van der Waals surface area contributed by atoms with Gasteiger partial charge in [-0.1, -0.05) is 0 Å². The van der Waals surface area contributed by atoms with Gasteiger partial charge in [-0.05, 0) is 32.1 Å². The van der Waals surface area contributed by atoms with Crippen LogP contribution in [0.2, 0.25) is 0 Å². The lowest BCUT2D eigenvalue weighted by Crippen LogP contribution is -2.40. The fourth-order valence-corrected chi connectivity index (χ4v) is 3.22. The molecule has 2 atom stereocenters. The molecule has 5 heteroatoms. The highest BCUT2D eigenvalue weighted by Gasteiger charge is 2.25. The van der Waals surface area contributed by atoms with Gasteiger partial charge >= 0.3 is 0 Å². The predicted octanol–water partition coefficient (Wildman–Crippen LogP) is 2.01. The number of carbonyl (C=O) groups is 1. The lowest BCUT2D eigenvalue weighted by atomic mass is 10.0. The number of rotatable bonds is 4. The Hall–Kier alpha value is -1.36. The summed E-state index contributed by atoms with van der Waals surface area (Å²) in [6.45, 7) is 2.58. The zero-order valence-electron chi connectivity index (χ0n) is 11.9. The lowest BCUT2D eigenvalue weighted by Gasteiger charge is -2.33. The molecule has 1 aromatic rings. The van der Waals surface area contributed by atoms with E-state index in [-0.39, 0.29) is 5.91 Å². The largest absolute Gasteiger partial charge is 0.378 e. The van der Waals surface area contributed by atoms with Crippen LogP contribution in [0.3, 0.4) is 0 Å². The van der Waals surface area contributed by atoms with Gasteiger partial charge in [0.2, 0.25) is 5.91 Å². The molecule has 3 rings (SSSR count). The smallest absolute Gasteiger partial charge is 0.222 e. The summed E-state index contributed by atoms with van der Waals surface area (Å²) in [5, 5.41) is 0. The van der Waals surface area contributed by atoms with Gasteiger partial charge in [-0.15, -0.1) is 0 Å². The second-order valence-corrected chi connectivity index (χ2v) is 5.82. The molecule has 0 saturated carbocycles. The minimum Gasteiger partial charge on any atom is -0.378 e. The van der Waals surface area contributed by atoms with Gasteiger partial charge in [-0.25, -0.2) is 4.98 Å². The summed E-state index contributed by atoms with van der Waals surface area (Å²) in [4.78, 5) is 18.4. The number of ether oxygens (including phenoxy) is 1. The number of likely N-dealkylation sites (tertiary alicyclic amines) is 1. The molecule has 5 nitrogen and oxygen atoms in total. The van der Waals surface area contributed by atoms with Crippen molar-refractivity contribution in [1.29, 1.82) is 0 Å². The van der Waals surface area contributed by atoms with Crippen molar-refractivity contribution < 1.29 is 9.53 Å². The molecule has 1 aromatic heterocycles. The molecule has 0 aliphatic carbocycles. The number of aromatic nitrogens is 2. The van der Waals surface area contributed by atoms with Crippen LogP contribution in [0.5, 0.6) is 0 Å². The van der Waals surface area contributed by atoms with Crippen molar-refractivity contribution in [3.8, 4) is 0 Å². The van der Waals surface area contributed by atoms with Crippen LogP contribution in [0.1, 0.15) is 44.6 Å². The summed E-state index contributed by atoms with van der Waals surface area (Å²) in [5.41, 5.74) is 0. The van der Waals surface area contributed by atoms with Crippen LogP contribution in [-0.2, 0) is 9.53 Å². The van der Waals surface area contributed by atoms with Crippen LogP contribution in [0.4, 0.5) is 0 Å². The number of hydrogen-bond donors (Lipinski definition) is 0. The van der Waals surface area contributed by atoms with Crippen molar-refractivity contribution in [1.82, 2.24) is 14.5 Å². The molecule has 0 N–H and O–H groups in total. The molecule has 3 heterocycles. The van der Waals surface area contributed by atoms with Crippen LogP contribution >= 0.6 is 0 Å². The van der Waals surface area contributed by atoms with Crippen molar-refractivity contribution in [2.24, 2.45) is 0 Å². The van der Waals surface area contributed by atoms with E-state index >= 15 is 0 Å². The maximum absolute atomic E-state index is 12.3. The van der Waals surface area contributed by atoms with Crippen LogP contribution in [0, 0.1) is 0 Å². The maximum atomic E-state index is 12.3. The Morgan fingerprint density at radius 1 is 1.35 bits per heavy atom. The van der Waals surface area contributed by atoms with Crippen molar-refractivity contribution in [3.05, 3.63) is 18.7 Å². The van der Waals surface area contributed by atoms with Gasteiger partial charge in [0.15, 0.2) is 0 Å². The molecular weight excluding hydrogens is 254 g/mol. The molecule has 110 valence electrons. The third-order valence-electron chi connectivity index (χ3n) is 4.40. The van der Waals surface area contributed by atoms with E-state index in [0.717, 1.165) is 51.8 Å². The summed E-state index contributed by atoms with van der Waals surface area (Å²) in [5.74, 6) is 0.283. The van der Waals surface area contributed by atoms with Gasteiger partial charge in [0.25, 0.3) is 0 Å². The van der Waals surface area contributed by atoms with Crippen LogP contribution < -0.4 is 0 Å². The fraction of sp³-hybridized carbons (Fsp3) is 0.733. The van der Waals surface area contributed by atoms with Gasteiger partial charge in [0.1, 0.15) is 0 Å². The second kappa shape index (κ2) is 6.39. The Morgan fingerprint density at radius 2 is 2.30 bits per heavy atom. The molecule has 1 amide bonds. The Kier molecular flexibility index (Phi) is 4.35. The maximum Gasteiger partial charge on any atom is 0.222 e. The van der Waals surface area contributed by atoms with E-state index in [1.807, 2.05) is 17.4 Å². The minimum absolute atomic E-state index is 0.283. The number of amides is 1. The minimum atomic E-state index is 0.283. The number of hydrogen-bond acceptors (Lipinski definition) is 3. The monoisotopic (exact) mass is 277 g/mol. The average molecular weight is 277 g/mol. The first kappa shape index (κ1) is 13.6. The highest BCUT2D eigenvalue weighted by atomic mass is 16.5. The molecular formula is C15H23N3O2. The van der Waals surface area contributed by atoms with Crippen molar-refractivity contribution in [2.75, 3.05) is 19.7 Å². The summed E-state index contributed by atoms with van der Waals surface area (Å²) < 4.78 is 7.71. The molecule has 2 aliphatic rings. The zero-order valence-corrected chi connectivity index (χ0v) is 11.9. The van der Waals surface area contributed by atoms with E-state index in [9.17, 15) is 4.79 Å². The van der Waals surface area contributed by atoms with Gasteiger partial charge in [0, 0.05) is 38.5 Å². The molecule has 0 bridgehead atoms. The molecule has 2 aliphatic heterocycles. The quantitative estimate of drug-likeness (QED) is 0.845. The van der Waals surface area contributed by atoms with Crippen molar-refractivity contribution in [3.63, 3.8) is 0 Å². The third-order valence-corrected chi connectivity index (χ3v) is 4.40. The van der Waals surface area contributed by atoms with Crippen LogP contribution in [0.25, 0.3) is 0 Å². The number of carbonyl (C=O) groups excluding carboxylic acids is 1.